The van der Waals surface area contributed by atoms with Crippen molar-refractivity contribution >= 4 is 9.84 Å². The molecule has 1 aromatic carbocycles. The summed E-state index contributed by atoms with van der Waals surface area (Å²) in [5.74, 6) is 0.439. The Bertz CT molecular complexity index is 412. The Kier molecular flexibility index (Phi) is 4.50. The van der Waals surface area contributed by atoms with Crippen LogP contribution in [0.4, 0.5) is 0 Å². The number of nitrogens with one attached hydrogen (secondary N) is 1. The van der Waals surface area contributed by atoms with Crippen molar-refractivity contribution in [2.45, 2.75) is 24.8 Å². The molecule has 4 heteroatoms. The van der Waals surface area contributed by atoms with Crippen molar-refractivity contribution in [3.63, 3.8) is 0 Å². The fraction of sp³-hybridized carbons (Fsp3) is 0.500. The van der Waals surface area contributed by atoms with E-state index in [0.717, 1.165) is 0 Å². The maximum Gasteiger partial charge on any atom is 0.179 e. The van der Waals surface area contributed by atoms with Crippen LogP contribution in [-0.4, -0.2) is 27.3 Å². The lowest BCUT2D eigenvalue weighted by Gasteiger charge is -2.19. The fourth-order valence-electron chi connectivity index (χ4n) is 1.57. The van der Waals surface area contributed by atoms with Gasteiger partial charge in [-0.2, -0.15) is 0 Å². The second-order valence-electron chi connectivity index (χ2n) is 4.23. The molecule has 0 saturated heterocycles. The molecule has 3 nitrogen and oxygen atoms in total. The van der Waals surface area contributed by atoms with E-state index >= 15 is 0 Å². The Morgan fingerprint density at radius 2 is 1.75 bits per heavy atom. The molecule has 0 spiro atoms. The van der Waals surface area contributed by atoms with Crippen LogP contribution in [0.5, 0.6) is 0 Å². The minimum Gasteiger partial charge on any atom is -0.316 e. The van der Waals surface area contributed by atoms with E-state index in [0.29, 0.717) is 10.8 Å². The molecule has 0 bridgehead atoms. The van der Waals surface area contributed by atoms with E-state index in [1.807, 2.05) is 19.9 Å². The zero-order valence-electron chi connectivity index (χ0n) is 9.97. The van der Waals surface area contributed by atoms with Crippen molar-refractivity contribution in [1.82, 2.24) is 5.32 Å². The predicted octanol–water partition coefficient (Wildman–Crippen LogP) is 1.70. The molecule has 1 atom stereocenters. The van der Waals surface area contributed by atoms with Gasteiger partial charge in [0.2, 0.25) is 0 Å². The third-order valence-electron chi connectivity index (χ3n) is 2.68. The molecule has 1 aromatic rings. The van der Waals surface area contributed by atoms with Crippen LogP contribution in [0.25, 0.3) is 0 Å². The number of hydrogen-bond donors (Lipinski definition) is 1. The first-order valence-electron chi connectivity index (χ1n) is 5.42. The van der Waals surface area contributed by atoms with Gasteiger partial charge in [-0.1, -0.05) is 32.0 Å². The highest BCUT2D eigenvalue weighted by Crippen LogP contribution is 2.14. The molecule has 90 valence electrons. The minimum atomic E-state index is -3.18. The molecule has 1 rings (SSSR count). The summed E-state index contributed by atoms with van der Waals surface area (Å²) in [5.41, 5.74) is 0. The van der Waals surface area contributed by atoms with Crippen LogP contribution < -0.4 is 5.32 Å². The molecule has 1 N–H and O–H groups in total. The second-order valence-corrected chi connectivity index (χ2v) is 6.27. The average molecular weight is 241 g/mol. The molecule has 0 aliphatic heterocycles. The number of rotatable bonds is 5. The summed E-state index contributed by atoms with van der Waals surface area (Å²) < 4.78 is 24.1. The van der Waals surface area contributed by atoms with Gasteiger partial charge >= 0.3 is 0 Å². The Morgan fingerprint density at radius 1 is 1.19 bits per heavy atom. The lowest BCUT2D eigenvalue weighted by molar-refractivity contribution is 0.455. The predicted molar refractivity (Wildman–Crippen MR) is 66.2 cm³/mol. The van der Waals surface area contributed by atoms with E-state index in [1.165, 1.54) is 0 Å². The zero-order valence-corrected chi connectivity index (χ0v) is 10.8. The fourth-order valence-corrected chi connectivity index (χ4v) is 3.36. The van der Waals surface area contributed by atoms with Crippen molar-refractivity contribution in [3.05, 3.63) is 30.3 Å². The first-order chi connectivity index (χ1) is 7.47. The Hall–Kier alpha value is -0.870. The number of hydrogen-bond acceptors (Lipinski definition) is 3. The molecule has 0 fully saturated rings. The maximum atomic E-state index is 12.1. The Labute approximate surface area is 97.8 Å². The summed E-state index contributed by atoms with van der Waals surface area (Å²) >= 11 is 0. The van der Waals surface area contributed by atoms with Crippen molar-refractivity contribution in [3.8, 4) is 0 Å². The highest BCUT2D eigenvalue weighted by Gasteiger charge is 2.21. The number of sulfone groups is 1. The van der Waals surface area contributed by atoms with Gasteiger partial charge in [-0.3, -0.25) is 0 Å². The molecule has 0 aliphatic carbocycles. The van der Waals surface area contributed by atoms with Gasteiger partial charge < -0.3 is 5.32 Å². The number of benzene rings is 1. The SMILES string of the molecule is CNC(CS(=O)(=O)c1ccccc1)C(C)C. The van der Waals surface area contributed by atoms with Gasteiger partial charge in [0.05, 0.1) is 10.6 Å². The standard InChI is InChI=1S/C12H19NO2S/c1-10(2)12(13-3)9-16(14,15)11-7-5-4-6-8-11/h4-8,10,12-13H,9H2,1-3H3. The first-order valence-corrected chi connectivity index (χ1v) is 7.07. The van der Waals surface area contributed by atoms with Gasteiger partial charge in [0.15, 0.2) is 9.84 Å². The van der Waals surface area contributed by atoms with Crippen LogP contribution in [0.2, 0.25) is 0 Å². The van der Waals surface area contributed by atoms with Gasteiger partial charge in [-0.25, -0.2) is 8.42 Å². The molecule has 0 heterocycles. The molecular formula is C12H19NO2S. The summed E-state index contributed by atoms with van der Waals surface area (Å²) in [5, 5.41) is 3.05. The van der Waals surface area contributed by atoms with Crippen LogP contribution >= 0.6 is 0 Å². The van der Waals surface area contributed by atoms with Crippen LogP contribution in [0.15, 0.2) is 35.2 Å². The van der Waals surface area contributed by atoms with E-state index in [4.69, 9.17) is 0 Å². The van der Waals surface area contributed by atoms with E-state index in [-0.39, 0.29) is 11.8 Å². The average Bonchev–Trinajstić information content (AvgIpc) is 2.27. The third kappa shape index (κ3) is 3.32. The van der Waals surface area contributed by atoms with Gasteiger partial charge in [-0.05, 0) is 25.1 Å². The molecule has 16 heavy (non-hydrogen) atoms. The van der Waals surface area contributed by atoms with Crippen LogP contribution in [0.3, 0.4) is 0 Å². The largest absolute Gasteiger partial charge is 0.316 e. The summed E-state index contributed by atoms with van der Waals surface area (Å²) in [6, 6.07) is 8.58. The minimum absolute atomic E-state index is 0.00907. The molecule has 0 amide bonds. The van der Waals surface area contributed by atoms with Crippen LogP contribution in [-0.2, 0) is 9.84 Å². The highest BCUT2D eigenvalue weighted by molar-refractivity contribution is 7.91. The van der Waals surface area contributed by atoms with Gasteiger partial charge in [0.25, 0.3) is 0 Å². The van der Waals surface area contributed by atoms with Crippen molar-refractivity contribution in [2.75, 3.05) is 12.8 Å². The second kappa shape index (κ2) is 5.46. The zero-order chi connectivity index (χ0) is 12.2. The molecule has 0 aromatic heterocycles. The maximum absolute atomic E-state index is 12.1. The third-order valence-corrected chi connectivity index (χ3v) is 4.47. The molecular weight excluding hydrogens is 222 g/mol. The summed E-state index contributed by atoms with van der Waals surface area (Å²) in [7, 11) is -1.38. The van der Waals surface area contributed by atoms with E-state index in [2.05, 4.69) is 5.32 Å². The van der Waals surface area contributed by atoms with E-state index in [9.17, 15) is 8.42 Å². The molecule has 0 saturated carbocycles. The van der Waals surface area contributed by atoms with Crippen LogP contribution in [0, 0.1) is 5.92 Å². The van der Waals surface area contributed by atoms with Crippen LogP contribution in [0.1, 0.15) is 13.8 Å². The molecule has 0 radical (unpaired) electrons. The summed E-state index contributed by atoms with van der Waals surface area (Å²) in [6.07, 6.45) is 0. The summed E-state index contributed by atoms with van der Waals surface area (Å²) in [6.45, 7) is 4.03. The summed E-state index contributed by atoms with van der Waals surface area (Å²) in [4.78, 5) is 0.399. The molecule has 0 aliphatic rings. The van der Waals surface area contributed by atoms with E-state index < -0.39 is 9.84 Å². The molecule has 1 unspecified atom stereocenters. The smallest absolute Gasteiger partial charge is 0.179 e. The normalized spacial score (nSPS) is 14.0. The lowest BCUT2D eigenvalue weighted by atomic mass is 10.1. The quantitative estimate of drug-likeness (QED) is 0.853. The highest BCUT2D eigenvalue weighted by atomic mass is 32.2. The van der Waals surface area contributed by atoms with Crippen molar-refractivity contribution < 1.29 is 8.42 Å². The van der Waals surface area contributed by atoms with Gasteiger partial charge in [0.1, 0.15) is 0 Å². The topological polar surface area (TPSA) is 46.2 Å². The Balaban J connectivity index is 2.88. The van der Waals surface area contributed by atoms with Crippen molar-refractivity contribution in [2.24, 2.45) is 5.92 Å². The van der Waals surface area contributed by atoms with Crippen molar-refractivity contribution in [1.29, 1.82) is 0 Å². The first kappa shape index (κ1) is 13.2. The lowest BCUT2D eigenvalue weighted by Crippen LogP contribution is -2.37. The van der Waals surface area contributed by atoms with Gasteiger partial charge in [0, 0.05) is 6.04 Å². The Morgan fingerprint density at radius 3 is 2.19 bits per heavy atom. The monoisotopic (exact) mass is 241 g/mol. The van der Waals surface area contributed by atoms with Gasteiger partial charge in [-0.15, -0.1) is 0 Å². The van der Waals surface area contributed by atoms with E-state index in [1.54, 1.807) is 31.3 Å².